The number of piperidine rings is 1. The summed E-state index contributed by atoms with van der Waals surface area (Å²) in [6.45, 7) is 0.685. The van der Waals surface area contributed by atoms with Gasteiger partial charge in [0.2, 0.25) is 0 Å². The number of likely N-dealkylation sites (tertiary alicyclic amines) is 1. The van der Waals surface area contributed by atoms with Crippen LogP contribution in [0.4, 0.5) is 0 Å². The predicted molar refractivity (Wildman–Crippen MR) is 107 cm³/mol. The van der Waals surface area contributed by atoms with E-state index in [9.17, 15) is 24.9 Å². The highest BCUT2D eigenvalue weighted by Crippen LogP contribution is 2.65. The molecule has 2 aliphatic heterocycles. The highest BCUT2D eigenvalue weighted by atomic mass is 16.6. The number of carboxylic acids is 1. The Hall–Kier alpha value is -2.66. The van der Waals surface area contributed by atoms with Crippen LogP contribution in [0, 0.1) is 0 Å². The number of carboxylic acid groups (broad SMARTS) is 1. The van der Waals surface area contributed by atoms with Crippen LogP contribution in [0.2, 0.25) is 0 Å². The van der Waals surface area contributed by atoms with Gasteiger partial charge in [-0.25, -0.2) is 9.59 Å². The van der Waals surface area contributed by atoms with Crippen LogP contribution in [0.25, 0.3) is 0 Å². The quantitative estimate of drug-likeness (QED) is 0.428. The SMILES string of the molecule is COc1ccc2c3c1OC1C(OC(=O)[C@@H](O)[C@H](O)C(=O)O)=CC[C@@]4(O)[C@@H](C2)N(C)CCC314. The van der Waals surface area contributed by atoms with Gasteiger partial charge in [-0.2, -0.15) is 0 Å². The van der Waals surface area contributed by atoms with Crippen molar-refractivity contribution in [1.29, 1.82) is 0 Å². The average Bonchev–Trinajstić information content (AvgIpc) is 3.12. The fourth-order valence-electron chi connectivity index (χ4n) is 6.03. The maximum Gasteiger partial charge on any atom is 0.343 e. The van der Waals surface area contributed by atoms with E-state index >= 15 is 0 Å². The van der Waals surface area contributed by atoms with Crippen molar-refractivity contribution in [2.75, 3.05) is 20.7 Å². The average molecular weight is 447 g/mol. The number of aliphatic hydroxyl groups is 3. The summed E-state index contributed by atoms with van der Waals surface area (Å²) in [7, 11) is 3.49. The zero-order chi connectivity index (χ0) is 23.0. The zero-order valence-electron chi connectivity index (χ0n) is 17.6. The third kappa shape index (κ3) is 2.49. The van der Waals surface area contributed by atoms with E-state index in [1.165, 1.54) is 7.11 Å². The number of aliphatic hydroxyl groups excluding tert-OH is 2. The lowest BCUT2D eigenvalue weighted by molar-refractivity contribution is -0.177. The number of methoxy groups -OCH3 is 1. The van der Waals surface area contributed by atoms with E-state index in [0.29, 0.717) is 30.9 Å². The number of rotatable bonds is 5. The van der Waals surface area contributed by atoms with Gasteiger partial charge >= 0.3 is 11.9 Å². The van der Waals surface area contributed by atoms with E-state index in [0.717, 1.165) is 11.1 Å². The topological polar surface area (TPSA) is 146 Å². The molecular weight excluding hydrogens is 422 g/mol. The molecule has 0 radical (unpaired) electrons. The Balaban J connectivity index is 1.60. The van der Waals surface area contributed by atoms with Gasteiger partial charge < -0.3 is 39.5 Å². The molecule has 1 aromatic rings. The molecule has 2 bridgehead atoms. The number of benzene rings is 1. The van der Waals surface area contributed by atoms with Crippen LogP contribution < -0.4 is 9.47 Å². The first kappa shape index (κ1) is 21.2. The van der Waals surface area contributed by atoms with Crippen molar-refractivity contribution in [3.8, 4) is 11.5 Å². The minimum atomic E-state index is -2.32. The highest BCUT2D eigenvalue weighted by molar-refractivity contribution is 5.85. The predicted octanol–water partition coefficient (Wildman–Crippen LogP) is -0.677. The molecule has 1 fully saturated rings. The van der Waals surface area contributed by atoms with E-state index in [4.69, 9.17) is 19.3 Å². The number of carbonyl (C=O) groups is 2. The standard InChI is InChI=1S/C22H25NO9/c1-23-8-7-21-14-10-3-4-11(30-2)17(14)32-18(21)12(5-6-22(21,29)13(23)9-10)31-20(28)16(25)15(24)19(26)27/h3-5,13,15-16,18,24-25,29H,6-9H2,1-2H3,(H,26,27)/t13-,15+,16+,18?,21?,22-/m1/s1. The van der Waals surface area contributed by atoms with Crippen LogP contribution in [0.1, 0.15) is 24.0 Å². The molecule has 0 amide bonds. The first-order valence-corrected chi connectivity index (χ1v) is 10.5. The molecule has 6 atom stereocenters. The molecule has 32 heavy (non-hydrogen) atoms. The first-order valence-electron chi connectivity index (χ1n) is 10.5. The van der Waals surface area contributed by atoms with Crippen molar-refractivity contribution in [3.05, 3.63) is 35.1 Å². The van der Waals surface area contributed by atoms with Gasteiger partial charge in [-0.3, -0.25) is 0 Å². The van der Waals surface area contributed by atoms with Crippen LogP contribution in [0.5, 0.6) is 11.5 Å². The first-order chi connectivity index (χ1) is 15.2. The minimum Gasteiger partial charge on any atom is -0.493 e. The third-order valence-electron chi connectivity index (χ3n) is 7.57. The third-order valence-corrected chi connectivity index (χ3v) is 7.57. The van der Waals surface area contributed by atoms with Crippen LogP contribution >= 0.6 is 0 Å². The van der Waals surface area contributed by atoms with Crippen molar-refractivity contribution in [2.24, 2.45) is 0 Å². The van der Waals surface area contributed by atoms with Crippen molar-refractivity contribution in [2.45, 2.75) is 54.6 Å². The molecule has 5 rings (SSSR count). The molecule has 4 aliphatic rings. The monoisotopic (exact) mass is 447 g/mol. The molecule has 0 saturated carbocycles. The number of carbonyl (C=O) groups excluding carboxylic acids is 1. The highest BCUT2D eigenvalue weighted by Gasteiger charge is 2.72. The van der Waals surface area contributed by atoms with Crippen LogP contribution in [0.3, 0.4) is 0 Å². The van der Waals surface area contributed by atoms with Crippen molar-refractivity contribution in [1.82, 2.24) is 4.90 Å². The smallest absolute Gasteiger partial charge is 0.343 e. The van der Waals surface area contributed by atoms with E-state index in [1.807, 2.05) is 19.2 Å². The molecule has 2 unspecified atom stereocenters. The second-order valence-corrected chi connectivity index (χ2v) is 8.93. The Bertz CT molecular complexity index is 1040. The summed E-state index contributed by atoms with van der Waals surface area (Å²) >= 11 is 0. The van der Waals surface area contributed by atoms with Gasteiger partial charge in [0.25, 0.3) is 0 Å². The summed E-state index contributed by atoms with van der Waals surface area (Å²) < 4.78 is 17.2. The molecule has 4 N–H and O–H groups in total. The van der Waals surface area contributed by atoms with E-state index in [1.54, 1.807) is 6.08 Å². The van der Waals surface area contributed by atoms with Gasteiger partial charge in [-0.1, -0.05) is 6.07 Å². The second-order valence-electron chi connectivity index (χ2n) is 8.93. The van der Waals surface area contributed by atoms with Gasteiger partial charge in [0.15, 0.2) is 29.8 Å². The summed E-state index contributed by atoms with van der Waals surface area (Å²) in [6, 6.07) is 3.60. The summed E-state index contributed by atoms with van der Waals surface area (Å²) in [5.41, 5.74) is -0.216. The van der Waals surface area contributed by atoms with Crippen molar-refractivity contribution < 1.29 is 44.2 Å². The Morgan fingerprint density at radius 1 is 1.28 bits per heavy atom. The van der Waals surface area contributed by atoms with Gasteiger partial charge in [0, 0.05) is 18.0 Å². The van der Waals surface area contributed by atoms with Gasteiger partial charge in [0.05, 0.1) is 18.1 Å². The Labute approximate surface area is 183 Å². The lowest BCUT2D eigenvalue weighted by Gasteiger charge is -2.61. The Kier molecular flexibility index (Phi) is 4.58. The normalized spacial score (nSPS) is 34.0. The van der Waals surface area contributed by atoms with Crippen molar-refractivity contribution >= 4 is 11.9 Å². The fraction of sp³-hybridized carbons (Fsp3) is 0.545. The molecule has 2 aliphatic carbocycles. The largest absolute Gasteiger partial charge is 0.493 e. The summed E-state index contributed by atoms with van der Waals surface area (Å²) in [6.07, 6.45) is -2.57. The van der Waals surface area contributed by atoms with Gasteiger partial charge in [0.1, 0.15) is 5.76 Å². The van der Waals surface area contributed by atoms with E-state index < -0.39 is 41.3 Å². The molecule has 172 valence electrons. The molecule has 0 aromatic heterocycles. The number of aliphatic carboxylic acids is 1. The summed E-state index contributed by atoms with van der Waals surface area (Å²) in [4.78, 5) is 25.5. The zero-order valence-corrected chi connectivity index (χ0v) is 17.6. The maximum atomic E-state index is 12.4. The van der Waals surface area contributed by atoms with Crippen LogP contribution in [-0.2, 0) is 26.2 Å². The van der Waals surface area contributed by atoms with Gasteiger partial charge in [-0.05, 0) is 44.1 Å². The van der Waals surface area contributed by atoms with E-state index in [-0.39, 0.29) is 18.2 Å². The number of esters is 1. The molecule has 1 spiro atoms. The Morgan fingerprint density at radius 2 is 2.03 bits per heavy atom. The van der Waals surface area contributed by atoms with Crippen LogP contribution in [-0.4, -0.2) is 87.9 Å². The number of hydrogen-bond acceptors (Lipinski definition) is 9. The maximum absolute atomic E-state index is 12.4. The fourth-order valence-corrected chi connectivity index (χ4v) is 6.03. The summed E-state index contributed by atoms with van der Waals surface area (Å²) in [5, 5.41) is 40.4. The number of ether oxygens (including phenoxy) is 3. The number of nitrogens with zero attached hydrogens (tertiary/aromatic N) is 1. The second kappa shape index (κ2) is 6.92. The van der Waals surface area contributed by atoms with Crippen LogP contribution in [0.15, 0.2) is 24.0 Å². The molecule has 1 aromatic carbocycles. The molecular formula is C22H25NO9. The number of hydrogen-bond donors (Lipinski definition) is 4. The van der Waals surface area contributed by atoms with E-state index in [2.05, 4.69) is 4.90 Å². The minimum absolute atomic E-state index is 0.0747. The van der Waals surface area contributed by atoms with Crippen molar-refractivity contribution in [3.63, 3.8) is 0 Å². The lowest BCUT2D eigenvalue weighted by atomic mass is 9.50. The molecule has 2 heterocycles. The van der Waals surface area contributed by atoms with Gasteiger partial charge in [-0.15, -0.1) is 0 Å². The molecule has 1 saturated heterocycles. The molecule has 10 nitrogen and oxygen atoms in total. The number of likely N-dealkylation sites (N-methyl/N-ethyl adjacent to an activating group) is 1. The lowest BCUT2D eigenvalue weighted by Crippen LogP contribution is -2.74. The molecule has 10 heteroatoms. The Morgan fingerprint density at radius 3 is 2.72 bits per heavy atom. The summed E-state index contributed by atoms with van der Waals surface area (Å²) in [5.74, 6) is -1.99.